The van der Waals surface area contributed by atoms with E-state index in [1.165, 1.54) is 0 Å². The fourth-order valence-corrected chi connectivity index (χ4v) is 9.22. The highest BCUT2D eigenvalue weighted by atomic mass is 35.5. The molecular formula is C52H46Cl2N12. The maximum Gasteiger partial charge on any atom is 0.174 e. The van der Waals surface area contributed by atoms with Crippen LogP contribution in [-0.4, -0.2) is 48.6 Å². The molecule has 328 valence electrons. The number of hydrogen-bond donors (Lipinski definition) is 0. The van der Waals surface area contributed by atoms with Gasteiger partial charge in [-0.05, 0) is 147 Å². The number of aryl methyl sites for hydroxylation is 6. The van der Waals surface area contributed by atoms with Crippen molar-refractivity contribution in [1.82, 2.24) is 48.6 Å². The summed E-state index contributed by atoms with van der Waals surface area (Å²) in [5.74, 6) is 2.60. The van der Waals surface area contributed by atoms with Crippen LogP contribution >= 0.6 is 23.2 Å². The first kappa shape index (κ1) is 43.9. The number of aromatic nitrogens is 10. The Hall–Kier alpha value is -7.38. The molecule has 6 heterocycles. The minimum Gasteiger partial charge on any atom is -0.306 e. The zero-order valence-electron chi connectivity index (χ0n) is 37.1. The van der Waals surface area contributed by atoms with Gasteiger partial charge >= 0.3 is 0 Å². The molecule has 14 heteroatoms. The van der Waals surface area contributed by atoms with Crippen LogP contribution < -0.4 is 0 Å². The second-order valence-corrected chi connectivity index (χ2v) is 17.8. The number of benzene rings is 4. The first-order valence-corrected chi connectivity index (χ1v) is 22.6. The first-order valence-electron chi connectivity index (χ1n) is 21.8. The van der Waals surface area contributed by atoms with Gasteiger partial charge in [-0.15, -0.1) is 0 Å². The number of halogens is 2. The lowest BCUT2D eigenvalue weighted by atomic mass is 9.75. The minimum atomic E-state index is -0.816. The van der Waals surface area contributed by atoms with Crippen molar-refractivity contribution < 1.29 is 0 Å². The van der Waals surface area contributed by atoms with Crippen molar-refractivity contribution >= 4 is 47.5 Å². The molecule has 2 atom stereocenters. The molecule has 0 radical (unpaired) electrons. The van der Waals surface area contributed by atoms with Gasteiger partial charge in [0, 0.05) is 46.9 Å². The van der Waals surface area contributed by atoms with Crippen LogP contribution in [0.2, 0.25) is 10.0 Å². The van der Waals surface area contributed by atoms with Crippen LogP contribution in [0.15, 0.2) is 110 Å². The van der Waals surface area contributed by atoms with E-state index >= 15 is 0 Å². The maximum atomic E-state index is 10.2. The molecule has 0 fully saturated rings. The van der Waals surface area contributed by atoms with E-state index in [4.69, 9.17) is 33.2 Å². The molecule has 10 rings (SSSR count). The Labute approximate surface area is 393 Å². The van der Waals surface area contributed by atoms with Gasteiger partial charge in [0.25, 0.3) is 0 Å². The Kier molecular flexibility index (Phi) is 12.1. The van der Waals surface area contributed by atoms with Crippen molar-refractivity contribution in [2.75, 3.05) is 0 Å². The van der Waals surface area contributed by atoms with Crippen LogP contribution in [0, 0.1) is 50.4 Å². The number of nitriles is 2. The molecule has 0 aliphatic carbocycles. The lowest BCUT2D eigenvalue weighted by Gasteiger charge is -2.30. The largest absolute Gasteiger partial charge is 0.306 e. The molecule has 0 amide bonds. The van der Waals surface area contributed by atoms with Gasteiger partial charge in [-0.1, -0.05) is 71.8 Å². The van der Waals surface area contributed by atoms with Gasteiger partial charge in [0.2, 0.25) is 0 Å². The highest BCUT2D eigenvalue weighted by Gasteiger charge is 2.43. The molecule has 66 heavy (non-hydrogen) atoms. The van der Waals surface area contributed by atoms with E-state index in [1.54, 1.807) is 0 Å². The monoisotopic (exact) mass is 908 g/mol. The third kappa shape index (κ3) is 8.61. The third-order valence-electron chi connectivity index (χ3n) is 12.3. The lowest BCUT2D eigenvalue weighted by Crippen LogP contribution is -2.34. The highest BCUT2D eigenvalue weighted by molar-refractivity contribution is 6.30. The van der Waals surface area contributed by atoms with Crippen molar-refractivity contribution in [2.45, 2.75) is 77.3 Å². The summed E-state index contributed by atoms with van der Waals surface area (Å²) >= 11 is 12.1. The van der Waals surface area contributed by atoms with Crippen molar-refractivity contribution in [1.29, 1.82) is 10.5 Å². The van der Waals surface area contributed by atoms with Gasteiger partial charge in [-0.3, -0.25) is 0 Å². The molecule has 0 N–H and O–H groups in total. The molecule has 4 aromatic carbocycles. The topological polar surface area (TPSA) is 145 Å². The Bertz CT molecular complexity index is 2990. The second kappa shape index (κ2) is 18.2. The Balaban J connectivity index is 0.000000166. The average molecular weight is 910 g/mol. The predicted octanol–water partition coefficient (Wildman–Crippen LogP) is 11.0. The molecular weight excluding hydrogens is 864 g/mol. The van der Waals surface area contributed by atoms with E-state index in [2.05, 4.69) is 82.5 Å². The Morgan fingerprint density at radius 1 is 0.561 bits per heavy atom. The lowest BCUT2D eigenvalue weighted by molar-refractivity contribution is 0.393. The van der Waals surface area contributed by atoms with Gasteiger partial charge in [0.05, 0.1) is 36.2 Å². The quantitative estimate of drug-likeness (QED) is 0.147. The van der Waals surface area contributed by atoms with E-state index < -0.39 is 10.8 Å². The van der Waals surface area contributed by atoms with Crippen molar-refractivity contribution in [3.8, 4) is 23.5 Å². The number of rotatable bonds is 8. The fourth-order valence-electron chi connectivity index (χ4n) is 8.96. The second-order valence-electron chi connectivity index (χ2n) is 16.9. The molecule has 2 aliphatic heterocycles. The summed E-state index contributed by atoms with van der Waals surface area (Å²) in [6.45, 7) is 9.64. The molecule has 4 aromatic heterocycles. The number of nitrogens with zero attached hydrogens (tertiary/aromatic N) is 12. The smallest absolute Gasteiger partial charge is 0.174 e. The van der Waals surface area contributed by atoms with Gasteiger partial charge in [-0.25, -0.2) is 29.3 Å². The molecule has 0 saturated carbocycles. The minimum absolute atomic E-state index is 0.604. The molecule has 0 bridgehead atoms. The van der Waals surface area contributed by atoms with E-state index in [-0.39, 0.29) is 0 Å². The fraction of sp³-hybridized carbons (Fsp3) is 0.231. The molecule has 2 aliphatic rings. The molecule has 0 unspecified atom stereocenters. The highest BCUT2D eigenvalue weighted by Crippen LogP contribution is 2.40. The molecule has 8 aromatic rings. The Morgan fingerprint density at radius 3 is 1.32 bits per heavy atom. The summed E-state index contributed by atoms with van der Waals surface area (Å²) in [7, 11) is 0. The van der Waals surface area contributed by atoms with Crippen molar-refractivity contribution in [3.63, 3.8) is 0 Å². The third-order valence-corrected chi connectivity index (χ3v) is 12.8. The standard InChI is InChI=1S/2C26H23ClN6/c2*1-18-14-20(4-10-23(18)32-15-19(2)29-17-32)5-11-24-30-25-26(16-28,12-3-13-33(25)31-24)21-6-8-22(27)9-7-21/h2*4-11,14-15,17H,3,12-13H2,1-2H3/b2*11-5+/t2*26-/m10/s1. The van der Waals surface area contributed by atoms with Crippen LogP contribution in [0.1, 0.15) is 93.7 Å². The first-order chi connectivity index (χ1) is 32.0. The molecule has 0 spiro atoms. The number of imidazole rings is 2. The summed E-state index contributed by atoms with van der Waals surface area (Å²) in [6, 6.07) is 32.6. The number of fused-ring (bicyclic) bond motifs is 2. The van der Waals surface area contributed by atoms with Crippen LogP contribution in [0.3, 0.4) is 0 Å². The van der Waals surface area contributed by atoms with E-state index in [1.807, 2.05) is 130 Å². The SMILES string of the molecule is Cc1cn(-c2ccc(/C=C/c3nc4n(n3)CCC[C@@]4(C#N)c3ccc(Cl)cc3)cc2C)cn1.Cc1cn(-c2ccc(/C=C/c3nc4n(n3)CCC[C@]4(C#N)c3ccc(Cl)cc3)cc2C)cn1. The molecule has 0 saturated heterocycles. The Morgan fingerprint density at radius 2 is 0.970 bits per heavy atom. The summed E-state index contributed by atoms with van der Waals surface area (Å²) in [6.07, 6.45) is 18.7. The summed E-state index contributed by atoms with van der Waals surface area (Å²) in [5.41, 5.74) is 8.77. The predicted molar refractivity (Wildman–Crippen MR) is 258 cm³/mol. The number of hydrogen-bond acceptors (Lipinski definition) is 8. The van der Waals surface area contributed by atoms with Crippen LogP contribution in [-0.2, 0) is 23.9 Å². The van der Waals surface area contributed by atoms with Gasteiger partial charge in [0.15, 0.2) is 23.3 Å². The van der Waals surface area contributed by atoms with Gasteiger partial charge in [0.1, 0.15) is 10.8 Å². The van der Waals surface area contributed by atoms with Crippen molar-refractivity contribution in [3.05, 3.63) is 188 Å². The van der Waals surface area contributed by atoms with E-state index in [0.29, 0.717) is 46.2 Å². The average Bonchev–Trinajstić information content (AvgIpc) is 4.15. The van der Waals surface area contributed by atoms with E-state index in [0.717, 1.165) is 82.1 Å². The van der Waals surface area contributed by atoms with Crippen LogP contribution in [0.25, 0.3) is 35.7 Å². The van der Waals surface area contributed by atoms with Gasteiger partial charge < -0.3 is 9.13 Å². The maximum absolute atomic E-state index is 10.2. The zero-order chi connectivity index (χ0) is 46.0. The molecule has 12 nitrogen and oxygen atoms in total. The van der Waals surface area contributed by atoms with E-state index in [9.17, 15) is 10.5 Å². The summed E-state index contributed by atoms with van der Waals surface area (Å²) < 4.78 is 7.80. The summed E-state index contributed by atoms with van der Waals surface area (Å²) in [5, 5.41) is 31.0. The van der Waals surface area contributed by atoms with Crippen molar-refractivity contribution in [2.24, 2.45) is 0 Å². The van der Waals surface area contributed by atoms with Gasteiger partial charge in [-0.2, -0.15) is 20.7 Å². The van der Waals surface area contributed by atoms with Crippen LogP contribution in [0.4, 0.5) is 0 Å². The van der Waals surface area contributed by atoms with Crippen LogP contribution in [0.5, 0.6) is 0 Å². The normalized spacial score (nSPS) is 17.8. The zero-order valence-corrected chi connectivity index (χ0v) is 38.6. The summed E-state index contributed by atoms with van der Waals surface area (Å²) in [4.78, 5) is 18.2.